The Hall–Kier alpha value is -1.88. The van der Waals surface area contributed by atoms with Gasteiger partial charge in [-0.15, -0.1) is 0 Å². The van der Waals surface area contributed by atoms with Crippen LogP contribution in [0.2, 0.25) is 0 Å². The number of phenols is 1. The molecule has 0 bridgehead atoms. The summed E-state index contributed by atoms with van der Waals surface area (Å²) in [5.41, 5.74) is 0.206. The highest BCUT2D eigenvalue weighted by Gasteiger charge is 2.22. The van der Waals surface area contributed by atoms with Crippen molar-refractivity contribution in [2.24, 2.45) is 5.92 Å². The summed E-state index contributed by atoms with van der Waals surface area (Å²) in [5, 5.41) is 18.2. The lowest BCUT2D eigenvalue weighted by molar-refractivity contribution is -0.123. The van der Waals surface area contributed by atoms with Gasteiger partial charge in [-0.25, -0.2) is 0 Å². The number of methoxy groups -OCH3 is 1. The Morgan fingerprint density at radius 3 is 2.53 bits per heavy atom. The minimum atomic E-state index is -0.923. The third-order valence-electron chi connectivity index (χ3n) is 2.50. The van der Waals surface area contributed by atoms with E-state index in [1.807, 2.05) is 0 Å². The number of aliphatic hydroxyl groups is 1. The maximum atomic E-state index is 11.8. The van der Waals surface area contributed by atoms with Gasteiger partial charge in [-0.05, 0) is 25.1 Å². The van der Waals surface area contributed by atoms with Crippen molar-refractivity contribution in [1.82, 2.24) is 0 Å². The maximum absolute atomic E-state index is 11.8. The van der Waals surface area contributed by atoms with Crippen LogP contribution in [-0.4, -0.2) is 35.5 Å². The average Bonchev–Trinajstić information content (AvgIpc) is 2.35. The maximum Gasteiger partial charge on any atom is 0.173 e. The van der Waals surface area contributed by atoms with Crippen LogP contribution >= 0.6 is 0 Å². The molecule has 0 fully saturated rings. The summed E-state index contributed by atoms with van der Waals surface area (Å²) in [6.45, 7) is 0.747. The second-order valence-electron chi connectivity index (χ2n) is 3.60. The molecule has 0 aromatic heterocycles. The highest BCUT2D eigenvalue weighted by molar-refractivity contribution is 6.10. The molecule has 1 rings (SSSR count). The summed E-state index contributed by atoms with van der Waals surface area (Å²) in [7, 11) is 1.40. The fourth-order valence-electron chi connectivity index (χ4n) is 1.38. The van der Waals surface area contributed by atoms with E-state index in [1.165, 1.54) is 32.2 Å². The first kappa shape index (κ1) is 13.2. The zero-order valence-electron chi connectivity index (χ0n) is 9.64. The molecule has 0 aliphatic carbocycles. The molecule has 0 amide bonds. The number of aromatic hydroxyl groups is 1. The molecule has 0 unspecified atom stereocenters. The minimum absolute atomic E-state index is 0.165. The lowest BCUT2D eigenvalue weighted by Gasteiger charge is -2.09. The van der Waals surface area contributed by atoms with Crippen molar-refractivity contribution in [3.63, 3.8) is 0 Å². The van der Waals surface area contributed by atoms with E-state index in [4.69, 9.17) is 9.84 Å². The number of aliphatic hydroxyl groups excluding tert-OH is 1. The molecule has 1 atom stereocenters. The number of benzene rings is 1. The molecule has 17 heavy (non-hydrogen) atoms. The molecule has 0 saturated carbocycles. The summed E-state index contributed by atoms with van der Waals surface area (Å²) in [5.74, 6) is -1.83. The van der Waals surface area contributed by atoms with Crippen molar-refractivity contribution in [2.75, 3.05) is 13.7 Å². The summed E-state index contributed by atoms with van der Waals surface area (Å²) in [6, 6.07) is 4.14. The van der Waals surface area contributed by atoms with Crippen molar-refractivity contribution in [3.05, 3.63) is 23.8 Å². The van der Waals surface area contributed by atoms with Crippen molar-refractivity contribution >= 4 is 11.6 Å². The summed E-state index contributed by atoms with van der Waals surface area (Å²) in [6.07, 6.45) is 0. The summed E-state index contributed by atoms with van der Waals surface area (Å²) in [4.78, 5) is 23.0. The van der Waals surface area contributed by atoms with E-state index >= 15 is 0 Å². The molecule has 5 nitrogen and oxygen atoms in total. The predicted molar refractivity (Wildman–Crippen MR) is 60.2 cm³/mol. The Kier molecular flexibility index (Phi) is 4.23. The first-order valence-corrected chi connectivity index (χ1v) is 5.06. The van der Waals surface area contributed by atoms with Crippen LogP contribution in [0.25, 0.3) is 0 Å². The SMILES string of the molecule is COc1ccc(C(=O)[C@@H](C)C(=O)CO)cc1O. The van der Waals surface area contributed by atoms with Gasteiger partial charge in [0.1, 0.15) is 6.61 Å². The quantitative estimate of drug-likeness (QED) is 0.585. The smallest absolute Gasteiger partial charge is 0.173 e. The van der Waals surface area contributed by atoms with Gasteiger partial charge >= 0.3 is 0 Å². The molecule has 0 aliphatic heterocycles. The van der Waals surface area contributed by atoms with E-state index in [0.29, 0.717) is 0 Å². The van der Waals surface area contributed by atoms with Gasteiger partial charge < -0.3 is 14.9 Å². The lowest BCUT2D eigenvalue weighted by atomic mass is 9.95. The number of rotatable bonds is 5. The van der Waals surface area contributed by atoms with Gasteiger partial charge in [0.25, 0.3) is 0 Å². The molecule has 0 aliphatic rings. The Balaban J connectivity index is 2.97. The van der Waals surface area contributed by atoms with Crippen LogP contribution in [-0.2, 0) is 4.79 Å². The third-order valence-corrected chi connectivity index (χ3v) is 2.50. The van der Waals surface area contributed by atoms with Gasteiger partial charge in [0.15, 0.2) is 23.1 Å². The Bertz CT molecular complexity index is 439. The molecule has 0 spiro atoms. The molecule has 5 heteroatoms. The van der Waals surface area contributed by atoms with Crippen molar-refractivity contribution in [1.29, 1.82) is 0 Å². The number of Topliss-reactive ketones (excluding diaryl/α,β-unsaturated/α-hetero) is 2. The van der Waals surface area contributed by atoms with Crippen LogP contribution in [0, 0.1) is 5.92 Å². The Morgan fingerprint density at radius 1 is 1.41 bits per heavy atom. The van der Waals surface area contributed by atoms with E-state index in [1.54, 1.807) is 0 Å². The van der Waals surface area contributed by atoms with Gasteiger partial charge in [-0.1, -0.05) is 0 Å². The van der Waals surface area contributed by atoms with Gasteiger partial charge in [0.2, 0.25) is 0 Å². The van der Waals surface area contributed by atoms with Crippen molar-refractivity contribution < 1.29 is 24.5 Å². The molecular formula is C12H14O5. The number of carbonyl (C=O) groups is 2. The molecule has 1 aromatic rings. The Morgan fingerprint density at radius 2 is 2.06 bits per heavy atom. The van der Waals surface area contributed by atoms with E-state index in [-0.39, 0.29) is 17.1 Å². The number of phenolic OH excluding ortho intramolecular Hbond substituents is 1. The minimum Gasteiger partial charge on any atom is -0.504 e. The van der Waals surface area contributed by atoms with Crippen LogP contribution < -0.4 is 4.74 Å². The summed E-state index contributed by atoms with van der Waals surface area (Å²) >= 11 is 0. The van der Waals surface area contributed by atoms with Crippen molar-refractivity contribution in [3.8, 4) is 11.5 Å². The van der Waals surface area contributed by atoms with E-state index < -0.39 is 24.1 Å². The number of hydrogen-bond donors (Lipinski definition) is 2. The van der Waals surface area contributed by atoms with E-state index in [0.717, 1.165) is 0 Å². The van der Waals surface area contributed by atoms with Crippen LogP contribution in [0.3, 0.4) is 0 Å². The fourth-order valence-corrected chi connectivity index (χ4v) is 1.38. The second-order valence-corrected chi connectivity index (χ2v) is 3.60. The largest absolute Gasteiger partial charge is 0.504 e. The van der Waals surface area contributed by atoms with Gasteiger partial charge in [0.05, 0.1) is 13.0 Å². The number of hydrogen-bond acceptors (Lipinski definition) is 5. The van der Waals surface area contributed by atoms with Gasteiger partial charge in [-0.3, -0.25) is 9.59 Å². The number of carbonyl (C=O) groups excluding carboxylic acids is 2. The van der Waals surface area contributed by atoms with Crippen LogP contribution in [0.5, 0.6) is 11.5 Å². The highest BCUT2D eigenvalue weighted by atomic mass is 16.5. The normalized spacial score (nSPS) is 11.9. The van der Waals surface area contributed by atoms with Crippen LogP contribution in [0.1, 0.15) is 17.3 Å². The third kappa shape index (κ3) is 2.82. The van der Waals surface area contributed by atoms with Crippen LogP contribution in [0.15, 0.2) is 18.2 Å². The number of ketones is 2. The highest BCUT2D eigenvalue weighted by Crippen LogP contribution is 2.27. The first-order valence-electron chi connectivity index (χ1n) is 5.06. The average molecular weight is 238 g/mol. The molecule has 92 valence electrons. The van der Waals surface area contributed by atoms with Crippen LogP contribution in [0.4, 0.5) is 0 Å². The lowest BCUT2D eigenvalue weighted by Crippen LogP contribution is -2.23. The van der Waals surface area contributed by atoms with E-state index in [9.17, 15) is 14.7 Å². The fraction of sp³-hybridized carbons (Fsp3) is 0.333. The monoisotopic (exact) mass is 238 g/mol. The first-order chi connectivity index (χ1) is 8.01. The van der Waals surface area contributed by atoms with Crippen molar-refractivity contribution in [2.45, 2.75) is 6.92 Å². The van der Waals surface area contributed by atoms with E-state index in [2.05, 4.69) is 0 Å². The molecule has 0 saturated heterocycles. The number of ether oxygens (including phenoxy) is 1. The second kappa shape index (κ2) is 5.45. The van der Waals surface area contributed by atoms with Gasteiger partial charge in [0, 0.05) is 5.56 Å². The molecule has 1 aromatic carbocycles. The molecule has 2 N–H and O–H groups in total. The molecule has 0 radical (unpaired) electrons. The topological polar surface area (TPSA) is 83.8 Å². The molecule has 0 heterocycles. The Labute approximate surface area is 98.6 Å². The zero-order chi connectivity index (χ0) is 13.0. The standard InChI is InChI=1S/C12H14O5/c1-7(10(15)6-13)12(16)8-3-4-11(17-2)9(14)5-8/h3-5,7,13-14H,6H2,1-2H3/t7-/m0/s1. The van der Waals surface area contributed by atoms with Gasteiger partial charge in [-0.2, -0.15) is 0 Å². The molecular weight excluding hydrogens is 224 g/mol. The zero-order valence-corrected chi connectivity index (χ0v) is 9.64. The summed E-state index contributed by atoms with van der Waals surface area (Å²) < 4.78 is 4.84. The predicted octanol–water partition coefficient (Wildman–Crippen LogP) is 0.781.